The van der Waals surface area contributed by atoms with E-state index in [1.807, 2.05) is 6.07 Å². The molecule has 4 heteroatoms. The van der Waals surface area contributed by atoms with Gasteiger partial charge in [0, 0.05) is 10.9 Å². The highest BCUT2D eigenvalue weighted by Gasteiger charge is 2.27. The summed E-state index contributed by atoms with van der Waals surface area (Å²) in [5.41, 5.74) is 1.11. The molecule has 3 rings (SSSR count). The second kappa shape index (κ2) is 4.35. The number of hydrogen-bond donors (Lipinski definition) is 1. The monoisotopic (exact) mass is 239 g/mol. The van der Waals surface area contributed by atoms with Crippen LogP contribution in [0.25, 0.3) is 0 Å². The van der Waals surface area contributed by atoms with Gasteiger partial charge in [-0.25, -0.2) is 4.39 Å². The zero-order valence-electron chi connectivity index (χ0n) is 8.91. The average Bonchev–Trinajstić information content (AvgIpc) is 2.24. The molecule has 2 aliphatic heterocycles. The van der Waals surface area contributed by atoms with E-state index in [0.29, 0.717) is 12.1 Å². The molecule has 1 aromatic carbocycles. The molecule has 86 valence electrons. The second-order valence-electron chi connectivity index (χ2n) is 4.25. The molecule has 0 saturated carbocycles. The fraction of sp³-hybridized carbons (Fsp3) is 0.500. The smallest absolute Gasteiger partial charge is 0.137 e. The molecule has 1 aromatic rings. The van der Waals surface area contributed by atoms with Crippen LogP contribution in [0.4, 0.5) is 4.39 Å². The van der Waals surface area contributed by atoms with E-state index in [1.165, 1.54) is 0 Å². The van der Waals surface area contributed by atoms with Crippen LogP contribution in [0.1, 0.15) is 18.0 Å². The van der Waals surface area contributed by atoms with Gasteiger partial charge in [-0.1, -0.05) is 12.1 Å². The van der Waals surface area contributed by atoms with Crippen LogP contribution in [-0.2, 0) is 4.74 Å². The van der Waals surface area contributed by atoms with Gasteiger partial charge >= 0.3 is 0 Å². The molecule has 2 nitrogen and oxygen atoms in total. The number of ether oxygens (including phenoxy) is 1. The molecule has 1 unspecified atom stereocenters. The summed E-state index contributed by atoms with van der Waals surface area (Å²) in [5.74, 6) is 0.901. The Morgan fingerprint density at radius 1 is 1.38 bits per heavy atom. The van der Waals surface area contributed by atoms with Gasteiger partial charge < -0.3 is 10.1 Å². The van der Waals surface area contributed by atoms with E-state index in [1.54, 1.807) is 23.9 Å². The zero-order valence-corrected chi connectivity index (χ0v) is 9.73. The van der Waals surface area contributed by atoms with Crippen LogP contribution in [0, 0.1) is 5.82 Å². The van der Waals surface area contributed by atoms with Crippen LogP contribution < -0.4 is 5.32 Å². The van der Waals surface area contributed by atoms with E-state index in [4.69, 9.17) is 4.74 Å². The van der Waals surface area contributed by atoms with E-state index in [9.17, 15) is 4.39 Å². The van der Waals surface area contributed by atoms with E-state index < -0.39 is 0 Å². The highest BCUT2D eigenvalue weighted by atomic mass is 32.2. The van der Waals surface area contributed by atoms with Crippen molar-refractivity contribution in [2.24, 2.45) is 0 Å². The average molecular weight is 239 g/mol. The Labute approximate surface area is 98.6 Å². The van der Waals surface area contributed by atoms with Crippen molar-refractivity contribution < 1.29 is 9.13 Å². The maximum Gasteiger partial charge on any atom is 0.137 e. The third kappa shape index (κ3) is 1.85. The standard InChI is InChI=1S/C12H14FNOS/c13-10-3-1-2-9-11(4-5-16-12(9)10)14-8-6-15-7-8/h1-3,8,11,14H,4-7H2. The fourth-order valence-electron chi connectivity index (χ4n) is 2.18. The Bertz CT molecular complexity index is 395. The Hall–Kier alpha value is -0.580. The van der Waals surface area contributed by atoms with E-state index >= 15 is 0 Å². The number of rotatable bonds is 2. The maximum atomic E-state index is 13.6. The van der Waals surface area contributed by atoms with Gasteiger partial charge in [0.25, 0.3) is 0 Å². The molecule has 0 bridgehead atoms. The van der Waals surface area contributed by atoms with Crippen LogP contribution >= 0.6 is 11.8 Å². The van der Waals surface area contributed by atoms with Crippen LogP contribution in [-0.4, -0.2) is 25.0 Å². The van der Waals surface area contributed by atoms with E-state index in [2.05, 4.69) is 5.32 Å². The minimum absolute atomic E-state index is 0.0844. The quantitative estimate of drug-likeness (QED) is 0.856. The van der Waals surface area contributed by atoms with Gasteiger partial charge in [0.05, 0.1) is 19.3 Å². The summed E-state index contributed by atoms with van der Waals surface area (Å²) in [5, 5.41) is 3.53. The molecule has 2 heterocycles. The van der Waals surface area contributed by atoms with Crippen molar-refractivity contribution in [1.29, 1.82) is 0 Å². The lowest BCUT2D eigenvalue weighted by atomic mass is 10.0. The molecular weight excluding hydrogens is 225 g/mol. The number of halogens is 1. The van der Waals surface area contributed by atoms with Gasteiger partial charge in [0.1, 0.15) is 5.82 Å². The Balaban J connectivity index is 1.84. The molecule has 1 N–H and O–H groups in total. The lowest BCUT2D eigenvalue weighted by molar-refractivity contribution is -0.0105. The Morgan fingerprint density at radius 2 is 2.25 bits per heavy atom. The first-order valence-electron chi connectivity index (χ1n) is 5.59. The minimum atomic E-state index is -0.0844. The number of fused-ring (bicyclic) bond motifs is 1. The zero-order chi connectivity index (χ0) is 11.0. The predicted molar refractivity (Wildman–Crippen MR) is 62.2 cm³/mol. The number of benzene rings is 1. The molecular formula is C12H14FNOS. The summed E-state index contributed by atoms with van der Waals surface area (Å²) in [6, 6.07) is 6.11. The molecule has 0 spiro atoms. The van der Waals surface area contributed by atoms with E-state index in [0.717, 1.165) is 35.8 Å². The van der Waals surface area contributed by atoms with Gasteiger partial charge in [-0.2, -0.15) is 0 Å². The molecule has 1 saturated heterocycles. The molecule has 0 aliphatic carbocycles. The van der Waals surface area contributed by atoms with Crippen molar-refractivity contribution >= 4 is 11.8 Å². The highest BCUT2D eigenvalue weighted by molar-refractivity contribution is 7.99. The summed E-state index contributed by atoms with van der Waals surface area (Å²) in [7, 11) is 0. The minimum Gasteiger partial charge on any atom is -0.378 e. The van der Waals surface area contributed by atoms with Crippen LogP contribution in [0.15, 0.2) is 23.1 Å². The normalized spacial score (nSPS) is 24.9. The number of nitrogens with one attached hydrogen (secondary N) is 1. The summed E-state index contributed by atoms with van der Waals surface area (Å²) in [4.78, 5) is 0.825. The van der Waals surface area contributed by atoms with Gasteiger partial charge in [0.2, 0.25) is 0 Å². The predicted octanol–water partition coefficient (Wildman–Crippen LogP) is 2.35. The van der Waals surface area contributed by atoms with Crippen molar-refractivity contribution in [2.75, 3.05) is 19.0 Å². The Morgan fingerprint density at radius 3 is 3.00 bits per heavy atom. The van der Waals surface area contributed by atoms with Crippen molar-refractivity contribution in [3.05, 3.63) is 29.6 Å². The lowest BCUT2D eigenvalue weighted by Crippen LogP contribution is -2.47. The molecule has 1 fully saturated rings. The van der Waals surface area contributed by atoms with Gasteiger partial charge in [-0.05, 0) is 23.8 Å². The van der Waals surface area contributed by atoms with Gasteiger partial charge in [-0.15, -0.1) is 11.8 Å². The lowest BCUT2D eigenvalue weighted by Gasteiger charge is -2.34. The summed E-state index contributed by atoms with van der Waals surface area (Å²) < 4.78 is 18.8. The largest absolute Gasteiger partial charge is 0.378 e. The molecule has 0 amide bonds. The first-order valence-corrected chi connectivity index (χ1v) is 6.58. The Kier molecular flexibility index (Phi) is 2.88. The molecule has 2 aliphatic rings. The summed E-state index contributed by atoms with van der Waals surface area (Å²) >= 11 is 1.63. The van der Waals surface area contributed by atoms with Crippen molar-refractivity contribution in [3.63, 3.8) is 0 Å². The third-order valence-electron chi connectivity index (χ3n) is 3.10. The van der Waals surface area contributed by atoms with Crippen molar-refractivity contribution in [1.82, 2.24) is 5.32 Å². The SMILES string of the molecule is Fc1cccc2c1SCCC2NC1COC1. The van der Waals surface area contributed by atoms with Crippen molar-refractivity contribution in [3.8, 4) is 0 Å². The summed E-state index contributed by atoms with van der Waals surface area (Å²) in [6.45, 7) is 1.57. The van der Waals surface area contributed by atoms with Crippen molar-refractivity contribution in [2.45, 2.75) is 23.4 Å². The van der Waals surface area contributed by atoms with Gasteiger partial charge in [0.15, 0.2) is 0 Å². The van der Waals surface area contributed by atoms with Crippen LogP contribution in [0.3, 0.4) is 0 Å². The maximum absolute atomic E-state index is 13.6. The molecule has 16 heavy (non-hydrogen) atoms. The number of hydrogen-bond acceptors (Lipinski definition) is 3. The first kappa shape index (κ1) is 10.6. The van der Waals surface area contributed by atoms with E-state index in [-0.39, 0.29) is 5.82 Å². The molecule has 1 atom stereocenters. The van der Waals surface area contributed by atoms with Crippen LogP contribution in [0.2, 0.25) is 0 Å². The van der Waals surface area contributed by atoms with Gasteiger partial charge in [-0.3, -0.25) is 0 Å². The number of thioether (sulfide) groups is 1. The third-order valence-corrected chi connectivity index (χ3v) is 4.26. The summed E-state index contributed by atoms with van der Waals surface area (Å²) in [6.07, 6.45) is 1.07. The second-order valence-corrected chi connectivity index (χ2v) is 5.35. The molecule has 0 aromatic heterocycles. The molecule has 0 radical (unpaired) electrons. The fourth-order valence-corrected chi connectivity index (χ4v) is 3.32. The first-order chi connectivity index (χ1) is 7.84. The highest BCUT2D eigenvalue weighted by Crippen LogP contribution is 2.38. The topological polar surface area (TPSA) is 21.3 Å². The van der Waals surface area contributed by atoms with Crippen LogP contribution in [0.5, 0.6) is 0 Å².